The van der Waals surface area contributed by atoms with Gasteiger partial charge in [-0.05, 0) is 48.0 Å². The molecule has 0 saturated heterocycles. The third-order valence-electron chi connectivity index (χ3n) is 4.97. The maximum atomic E-state index is 12.7. The van der Waals surface area contributed by atoms with Crippen LogP contribution in [0.2, 0.25) is 0 Å². The number of anilines is 1. The number of fused-ring (bicyclic) bond motifs is 1. The van der Waals surface area contributed by atoms with Crippen molar-refractivity contribution in [2.45, 2.75) is 6.61 Å². The molecular weight excluding hydrogens is 434 g/mol. The summed E-state index contributed by atoms with van der Waals surface area (Å²) in [6.45, 7) is -0.110. The average Bonchev–Trinajstić information content (AvgIpc) is 3.07. The van der Waals surface area contributed by atoms with Crippen LogP contribution in [0.5, 0.6) is 0 Å². The van der Waals surface area contributed by atoms with Crippen molar-refractivity contribution in [2.24, 2.45) is 0 Å². The second kappa shape index (κ2) is 8.30. The molecule has 0 fully saturated rings. The normalized spacial score (nSPS) is 12.4. The molecule has 0 radical (unpaired) electrons. The van der Waals surface area contributed by atoms with Gasteiger partial charge in [0.2, 0.25) is 0 Å². The molecule has 0 spiro atoms. The first-order valence-electron chi connectivity index (χ1n) is 9.44. The van der Waals surface area contributed by atoms with Gasteiger partial charge in [-0.1, -0.05) is 6.07 Å². The average molecular weight is 447 g/mol. The van der Waals surface area contributed by atoms with Gasteiger partial charge in [-0.25, -0.2) is 9.69 Å². The maximum Gasteiger partial charge on any atom is 0.338 e. The summed E-state index contributed by atoms with van der Waals surface area (Å²) in [6.07, 6.45) is 0. The van der Waals surface area contributed by atoms with E-state index in [1.54, 1.807) is 0 Å². The molecule has 1 aliphatic rings. The van der Waals surface area contributed by atoms with E-state index in [1.807, 2.05) is 0 Å². The molecule has 11 heteroatoms. The van der Waals surface area contributed by atoms with Crippen LogP contribution in [-0.4, -0.2) is 27.6 Å². The van der Waals surface area contributed by atoms with Crippen molar-refractivity contribution in [3.8, 4) is 0 Å². The summed E-state index contributed by atoms with van der Waals surface area (Å²) in [4.78, 5) is 59.2. The highest BCUT2D eigenvalue weighted by Crippen LogP contribution is 2.33. The molecule has 0 N–H and O–H groups in total. The molecular formula is C22H13N3O8. The number of esters is 1. The minimum Gasteiger partial charge on any atom is -0.457 e. The highest BCUT2D eigenvalue weighted by atomic mass is 16.6. The molecule has 0 aliphatic carbocycles. The van der Waals surface area contributed by atoms with Crippen molar-refractivity contribution in [3.63, 3.8) is 0 Å². The van der Waals surface area contributed by atoms with Crippen LogP contribution >= 0.6 is 0 Å². The number of carbonyl (C=O) groups is 3. The van der Waals surface area contributed by atoms with E-state index in [2.05, 4.69) is 0 Å². The SMILES string of the molecule is O=C(OCc1ccc([N+](=O)[O-])cc1)c1ccc(N2C(=O)c3cccc([N+](=O)[O-])c3C2=O)cc1. The molecule has 0 saturated carbocycles. The number of hydrogen-bond acceptors (Lipinski definition) is 8. The molecule has 1 aliphatic heterocycles. The van der Waals surface area contributed by atoms with Crippen LogP contribution in [0.1, 0.15) is 36.6 Å². The van der Waals surface area contributed by atoms with Crippen molar-refractivity contribution >= 4 is 34.8 Å². The lowest BCUT2D eigenvalue weighted by atomic mass is 10.1. The highest BCUT2D eigenvalue weighted by molar-refractivity contribution is 6.35. The molecule has 33 heavy (non-hydrogen) atoms. The van der Waals surface area contributed by atoms with Crippen LogP contribution in [0, 0.1) is 20.2 Å². The Labute approximate surface area is 185 Å². The van der Waals surface area contributed by atoms with Gasteiger partial charge in [0.05, 0.1) is 26.7 Å². The van der Waals surface area contributed by atoms with Gasteiger partial charge in [0.1, 0.15) is 12.2 Å². The standard InChI is InChI=1S/C22H13N3O8/c26-20-17-2-1-3-18(25(31)32)19(17)21(27)23(20)15-10-6-14(7-11-15)22(28)33-12-13-4-8-16(9-5-13)24(29)30/h1-11H,12H2. The van der Waals surface area contributed by atoms with Crippen LogP contribution in [0.3, 0.4) is 0 Å². The monoisotopic (exact) mass is 447 g/mol. The van der Waals surface area contributed by atoms with Gasteiger partial charge in [0, 0.05) is 18.2 Å². The second-order valence-electron chi connectivity index (χ2n) is 6.95. The summed E-state index contributed by atoms with van der Waals surface area (Å²) in [5.74, 6) is -2.21. The Balaban J connectivity index is 1.48. The largest absolute Gasteiger partial charge is 0.457 e. The lowest BCUT2D eigenvalue weighted by Gasteiger charge is -2.14. The summed E-state index contributed by atoms with van der Waals surface area (Å²) in [5, 5.41) is 21.9. The van der Waals surface area contributed by atoms with Crippen molar-refractivity contribution in [2.75, 3.05) is 4.90 Å². The Kier molecular flexibility index (Phi) is 5.36. The Morgan fingerprint density at radius 3 is 2.12 bits per heavy atom. The predicted molar refractivity (Wildman–Crippen MR) is 113 cm³/mol. The van der Waals surface area contributed by atoms with Crippen molar-refractivity contribution in [1.82, 2.24) is 0 Å². The number of nitro benzene ring substituents is 2. The van der Waals surface area contributed by atoms with E-state index in [9.17, 15) is 34.6 Å². The van der Waals surface area contributed by atoms with Gasteiger partial charge in [-0.3, -0.25) is 29.8 Å². The number of imide groups is 1. The van der Waals surface area contributed by atoms with Gasteiger partial charge < -0.3 is 4.74 Å². The van der Waals surface area contributed by atoms with Crippen LogP contribution in [-0.2, 0) is 11.3 Å². The van der Waals surface area contributed by atoms with E-state index < -0.39 is 33.3 Å². The minimum atomic E-state index is -0.823. The zero-order valence-corrected chi connectivity index (χ0v) is 16.7. The third kappa shape index (κ3) is 3.90. The first-order valence-corrected chi connectivity index (χ1v) is 9.44. The molecule has 164 valence electrons. The van der Waals surface area contributed by atoms with Crippen LogP contribution in [0.25, 0.3) is 0 Å². The predicted octanol–water partition coefficient (Wildman–Crippen LogP) is 3.66. The number of rotatable bonds is 6. The minimum absolute atomic E-state index is 0.0687. The Morgan fingerprint density at radius 1 is 0.848 bits per heavy atom. The summed E-state index contributed by atoms with van der Waals surface area (Å²) in [6, 6.07) is 14.8. The zero-order valence-electron chi connectivity index (χ0n) is 16.7. The Hall–Kier alpha value is -4.93. The number of nitrogens with zero attached hydrogens (tertiary/aromatic N) is 3. The lowest BCUT2D eigenvalue weighted by molar-refractivity contribution is -0.385. The fourth-order valence-corrected chi connectivity index (χ4v) is 3.35. The fraction of sp³-hybridized carbons (Fsp3) is 0.0455. The number of carbonyl (C=O) groups excluding carboxylic acids is 3. The summed E-state index contributed by atoms with van der Waals surface area (Å²) in [7, 11) is 0. The summed E-state index contributed by atoms with van der Waals surface area (Å²) in [5.41, 5.74) is -0.0531. The number of benzene rings is 3. The van der Waals surface area contributed by atoms with Crippen LogP contribution < -0.4 is 4.90 Å². The number of hydrogen-bond donors (Lipinski definition) is 0. The van der Waals surface area contributed by atoms with Gasteiger partial charge in [0.25, 0.3) is 23.2 Å². The fourth-order valence-electron chi connectivity index (χ4n) is 3.35. The molecule has 0 atom stereocenters. The summed E-state index contributed by atoms with van der Waals surface area (Å²) >= 11 is 0. The van der Waals surface area contributed by atoms with E-state index in [0.717, 1.165) is 11.0 Å². The number of ether oxygens (including phenoxy) is 1. The van der Waals surface area contributed by atoms with E-state index in [4.69, 9.17) is 4.74 Å². The molecule has 1 heterocycles. The van der Waals surface area contributed by atoms with E-state index in [-0.39, 0.29) is 34.7 Å². The van der Waals surface area contributed by atoms with E-state index >= 15 is 0 Å². The molecule has 3 aromatic carbocycles. The van der Waals surface area contributed by atoms with Crippen molar-refractivity contribution in [3.05, 3.63) is 109 Å². The topological polar surface area (TPSA) is 150 Å². The zero-order chi connectivity index (χ0) is 23.7. The summed E-state index contributed by atoms with van der Waals surface area (Å²) < 4.78 is 5.18. The Morgan fingerprint density at radius 2 is 1.52 bits per heavy atom. The molecule has 2 amide bonds. The van der Waals surface area contributed by atoms with E-state index in [0.29, 0.717) is 5.56 Å². The molecule has 0 aromatic heterocycles. The van der Waals surface area contributed by atoms with Crippen molar-refractivity contribution in [1.29, 1.82) is 0 Å². The van der Waals surface area contributed by atoms with E-state index in [1.165, 1.54) is 60.7 Å². The maximum absolute atomic E-state index is 12.7. The molecule has 3 aromatic rings. The van der Waals surface area contributed by atoms with Gasteiger partial charge in [-0.2, -0.15) is 0 Å². The first-order chi connectivity index (χ1) is 15.8. The molecule has 4 rings (SSSR count). The number of non-ortho nitro benzene ring substituents is 1. The smallest absolute Gasteiger partial charge is 0.338 e. The quantitative estimate of drug-likeness (QED) is 0.240. The lowest BCUT2D eigenvalue weighted by Crippen LogP contribution is -2.29. The van der Waals surface area contributed by atoms with Gasteiger partial charge >= 0.3 is 5.97 Å². The number of nitro groups is 2. The Bertz CT molecular complexity index is 1320. The molecule has 0 bridgehead atoms. The highest BCUT2D eigenvalue weighted by Gasteiger charge is 2.41. The first kappa shape index (κ1) is 21.3. The van der Waals surface area contributed by atoms with Crippen molar-refractivity contribution < 1.29 is 29.0 Å². The third-order valence-corrected chi connectivity index (χ3v) is 4.97. The van der Waals surface area contributed by atoms with Crippen LogP contribution in [0.15, 0.2) is 66.7 Å². The van der Waals surface area contributed by atoms with Gasteiger partial charge in [-0.15, -0.1) is 0 Å². The molecule has 0 unspecified atom stereocenters. The number of amides is 2. The van der Waals surface area contributed by atoms with Crippen LogP contribution in [0.4, 0.5) is 17.1 Å². The van der Waals surface area contributed by atoms with Gasteiger partial charge in [0.15, 0.2) is 0 Å². The molecule has 11 nitrogen and oxygen atoms in total. The second-order valence-corrected chi connectivity index (χ2v) is 6.95.